The van der Waals surface area contributed by atoms with Crippen molar-refractivity contribution in [2.24, 2.45) is 17.8 Å². The molecule has 2 N–H and O–H groups in total. The lowest BCUT2D eigenvalue weighted by molar-refractivity contribution is -0.0342. The number of hydrogen-bond donors (Lipinski definition) is 2. The Hall–Kier alpha value is -0.0800. The quantitative estimate of drug-likeness (QED) is 0.795. The molecule has 0 aliphatic heterocycles. The van der Waals surface area contributed by atoms with E-state index in [2.05, 4.69) is 39.9 Å². The Morgan fingerprint density at radius 3 is 2.12 bits per heavy atom. The first-order valence-corrected chi connectivity index (χ1v) is 7.09. The van der Waals surface area contributed by atoms with Crippen LogP contribution in [0.2, 0.25) is 0 Å². The monoisotopic (exact) mass is 241 g/mol. The van der Waals surface area contributed by atoms with Crippen molar-refractivity contribution in [3.8, 4) is 0 Å². The summed E-state index contributed by atoms with van der Waals surface area (Å²) in [4.78, 5) is 0. The van der Waals surface area contributed by atoms with Gasteiger partial charge in [0.15, 0.2) is 0 Å². The average molecular weight is 241 g/mol. The van der Waals surface area contributed by atoms with Crippen LogP contribution < -0.4 is 5.32 Å². The van der Waals surface area contributed by atoms with Crippen LogP contribution in [0.4, 0.5) is 0 Å². The molecule has 4 unspecified atom stereocenters. The van der Waals surface area contributed by atoms with Crippen molar-refractivity contribution in [2.75, 3.05) is 6.54 Å². The summed E-state index contributed by atoms with van der Waals surface area (Å²) in [6.07, 6.45) is 3.60. The molecule has 2 heteroatoms. The van der Waals surface area contributed by atoms with Crippen molar-refractivity contribution in [1.82, 2.24) is 5.32 Å². The van der Waals surface area contributed by atoms with Gasteiger partial charge in [0.1, 0.15) is 0 Å². The maximum Gasteiger partial charge on any atom is 0.0771 e. The second-order valence-corrected chi connectivity index (χ2v) is 7.43. The zero-order valence-electron chi connectivity index (χ0n) is 12.5. The number of nitrogens with one attached hydrogen (secondary N) is 1. The first-order valence-electron chi connectivity index (χ1n) is 7.09. The van der Waals surface area contributed by atoms with Crippen LogP contribution in [-0.4, -0.2) is 22.8 Å². The second kappa shape index (κ2) is 5.27. The molecule has 17 heavy (non-hydrogen) atoms. The SMILES string of the molecule is CC1CCC(C(C)(O)CNC(C)(C)C)CC1C. The fourth-order valence-electron chi connectivity index (χ4n) is 2.70. The Kier molecular flexibility index (Phi) is 4.65. The Morgan fingerprint density at radius 2 is 1.65 bits per heavy atom. The zero-order valence-corrected chi connectivity index (χ0v) is 12.5. The van der Waals surface area contributed by atoms with Gasteiger partial charge in [-0.3, -0.25) is 0 Å². The molecular weight excluding hydrogens is 210 g/mol. The van der Waals surface area contributed by atoms with Crippen LogP contribution in [0.15, 0.2) is 0 Å². The number of aliphatic hydroxyl groups is 1. The third kappa shape index (κ3) is 4.59. The summed E-state index contributed by atoms with van der Waals surface area (Å²) in [6, 6.07) is 0. The summed E-state index contributed by atoms with van der Waals surface area (Å²) < 4.78 is 0. The summed E-state index contributed by atoms with van der Waals surface area (Å²) in [6.45, 7) is 13.8. The highest BCUT2D eigenvalue weighted by atomic mass is 16.3. The van der Waals surface area contributed by atoms with Gasteiger partial charge in [-0.2, -0.15) is 0 Å². The Labute approximate surface area is 107 Å². The molecule has 1 fully saturated rings. The lowest BCUT2D eigenvalue weighted by Gasteiger charge is -2.41. The highest BCUT2D eigenvalue weighted by molar-refractivity contribution is 4.90. The molecule has 0 aromatic carbocycles. The van der Waals surface area contributed by atoms with Crippen LogP contribution >= 0.6 is 0 Å². The third-order valence-corrected chi connectivity index (χ3v) is 4.45. The minimum atomic E-state index is -0.568. The Bertz CT molecular complexity index is 242. The van der Waals surface area contributed by atoms with Crippen molar-refractivity contribution in [3.05, 3.63) is 0 Å². The van der Waals surface area contributed by atoms with E-state index in [1.54, 1.807) is 0 Å². The van der Waals surface area contributed by atoms with Gasteiger partial charge in [0, 0.05) is 12.1 Å². The molecule has 1 rings (SSSR count). The van der Waals surface area contributed by atoms with Gasteiger partial charge in [-0.1, -0.05) is 20.3 Å². The van der Waals surface area contributed by atoms with Crippen LogP contribution in [-0.2, 0) is 0 Å². The van der Waals surface area contributed by atoms with E-state index >= 15 is 0 Å². The summed E-state index contributed by atoms with van der Waals surface area (Å²) in [7, 11) is 0. The van der Waals surface area contributed by atoms with Gasteiger partial charge < -0.3 is 10.4 Å². The molecular formula is C15H31NO. The molecule has 0 aromatic heterocycles. The summed E-state index contributed by atoms with van der Waals surface area (Å²) >= 11 is 0. The van der Waals surface area contributed by atoms with Gasteiger partial charge in [-0.05, 0) is 58.3 Å². The predicted octanol–water partition coefficient (Wildman–Crippen LogP) is 3.20. The maximum absolute atomic E-state index is 10.6. The molecule has 1 aliphatic rings. The fourth-order valence-corrected chi connectivity index (χ4v) is 2.70. The highest BCUT2D eigenvalue weighted by Crippen LogP contribution is 2.38. The van der Waals surface area contributed by atoms with E-state index in [9.17, 15) is 5.11 Å². The highest BCUT2D eigenvalue weighted by Gasteiger charge is 2.37. The third-order valence-electron chi connectivity index (χ3n) is 4.45. The minimum Gasteiger partial charge on any atom is -0.389 e. The smallest absolute Gasteiger partial charge is 0.0771 e. The molecule has 2 nitrogen and oxygen atoms in total. The van der Waals surface area contributed by atoms with E-state index in [4.69, 9.17) is 0 Å². The van der Waals surface area contributed by atoms with E-state index in [-0.39, 0.29) is 5.54 Å². The summed E-state index contributed by atoms with van der Waals surface area (Å²) in [5.74, 6) is 2.01. The largest absolute Gasteiger partial charge is 0.389 e. The van der Waals surface area contributed by atoms with E-state index in [1.807, 2.05) is 6.92 Å². The van der Waals surface area contributed by atoms with E-state index < -0.39 is 5.60 Å². The lowest BCUT2D eigenvalue weighted by Crippen LogP contribution is -2.51. The van der Waals surface area contributed by atoms with Crippen LogP contribution in [0.25, 0.3) is 0 Å². The van der Waals surface area contributed by atoms with Gasteiger partial charge in [-0.15, -0.1) is 0 Å². The van der Waals surface area contributed by atoms with Crippen molar-refractivity contribution in [1.29, 1.82) is 0 Å². The van der Waals surface area contributed by atoms with Crippen molar-refractivity contribution >= 4 is 0 Å². The summed E-state index contributed by atoms with van der Waals surface area (Å²) in [5.41, 5.74) is -0.487. The number of rotatable bonds is 3. The number of β-amino-alcohol motifs (C(OH)–C–C–N with tert-alkyl or cyclic N) is 1. The van der Waals surface area contributed by atoms with Crippen LogP contribution in [0.5, 0.6) is 0 Å². The second-order valence-electron chi connectivity index (χ2n) is 7.43. The van der Waals surface area contributed by atoms with Crippen molar-refractivity contribution < 1.29 is 5.11 Å². The van der Waals surface area contributed by atoms with Crippen molar-refractivity contribution in [2.45, 2.75) is 71.9 Å². The van der Waals surface area contributed by atoms with Gasteiger partial charge in [0.05, 0.1) is 5.60 Å². The molecule has 1 aliphatic carbocycles. The molecule has 0 aromatic rings. The minimum absolute atomic E-state index is 0.0809. The van der Waals surface area contributed by atoms with Crippen LogP contribution in [0.1, 0.15) is 60.8 Å². The first-order chi connectivity index (χ1) is 7.62. The fraction of sp³-hybridized carbons (Fsp3) is 1.00. The standard InChI is InChI=1S/C15H31NO/c1-11-7-8-13(9-12(11)2)15(6,17)10-16-14(3,4)5/h11-13,16-17H,7-10H2,1-6H3. The molecule has 0 bridgehead atoms. The molecule has 4 atom stereocenters. The van der Waals surface area contributed by atoms with E-state index in [0.717, 1.165) is 11.8 Å². The van der Waals surface area contributed by atoms with E-state index in [0.29, 0.717) is 12.5 Å². The molecule has 0 amide bonds. The molecule has 0 saturated heterocycles. The van der Waals surface area contributed by atoms with Gasteiger partial charge in [-0.25, -0.2) is 0 Å². The molecule has 0 spiro atoms. The summed E-state index contributed by atoms with van der Waals surface area (Å²) in [5, 5.41) is 14.1. The molecule has 102 valence electrons. The Balaban J connectivity index is 2.52. The molecule has 0 radical (unpaired) electrons. The van der Waals surface area contributed by atoms with Gasteiger partial charge in [0.2, 0.25) is 0 Å². The van der Waals surface area contributed by atoms with Crippen LogP contribution in [0, 0.1) is 17.8 Å². The molecule has 1 saturated carbocycles. The lowest BCUT2D eigenvalue weighted by atomic mass is 9.70. The normalized spacial score (nSPS) is 34.4. The van der Waals surface area contributed by atoms with Gasteiger partial charge in [0.25, 0.3) is 0 Å². The van der Waals surface area contributed by atoms with Gasteiger partial charge >= 0.3 is 0 Å². The predicted molar refractivity (Wildman–Crippen MR) is 74.0 cm³/mol. The van der Waals surface area contributed by atoms with Crippen molar-refractivity contribution in [3.63, 3.8) is 0 Å². The average Bonchev–Trinajstić information content (AvgIpc) is 2.18. The topological polar surface area (TPSA) is 32.3 Å². The molecule has 0 heterocycles. The maximum atomic E-state index is 10.6. The Morgan fingerprint density at radius 1 is 1.06 bits per heavy atom. The number of hydrogen-bond acceptors (Lipinski definition) is 2. The van der Waals surface area contributed by atoms with Crippen LogP contribution in [0.3, 0.4) is 0 Å². The van der Waals surface area contributed by atoms with E-state index in [1.165, 1.54) is 19.3 Å². The zero-order chi connectivity index (χ0) is 13.3. The first kappa shape index (κ1) is 15.0.